The molecule has 1 N–H and O–H groups in total. The molecule has 1 heterocycles. The average molecular weight is 697 g/mol. The number of alkyl halides is 6. The Kier molecular flexibility index (Phi) is 11.7. The maximum absolute atomic E-state index is 14.1. The minimum atomic E-state index is -4.75. The van der Waals surface area contributed by atoms with Crippen molar-refractivity contribution in [1.29, 1.82) is 0 Å². The zero-order valence-electron chi connectivity index (χ0n) is 23.3. The van der Waals surface area contributed by atoms with E-state index in [1.807, 2.05) is 6.08 Å². The van der Waals surface area contributed by atoms with E-state index in [2.05, 4.69) is 26.2 Å². The number of hydrogen-bond acceptors (Lipinski definition) is 7. The van der Waals surface area contributed by atoms with Gasteiger partial charge in [-0.15, -0.1) is 0 Å². The van der Waals surface area contributed by atoms with Gasteiger partial charge in [0.2, 0.25) is 5.96 Å². The lowest BCUT2D eigenvalue weighted by molar-refractivity contribution is -0.181. The summed E-state index contributed by atoms with van der Waals surface area (Å²) in [6, 6.07) is 7.72. The van der Waals surface area contributed by atoms with Crippen LogP contribution in [-0.4, -0.2) is 79.7 Å². The second-order valence-corrected chi connectivity index (χ2v) is 11.1. The largest absolute Gasteiger partial charge is 0.469 e. The number of aliphatic imine (C=N–C) groups is 1. The normalized spacial score (nSPS) is 20.3. The van der Waals surface area contributed by atoms with Gasteiger partial charge >= 0.3 is 18.4 Å². The van der Waals surface area contributed by atoms with Crippen molar-refractivity contribution in [3.63, 3.8) is 0 Å². The molecule has 44 heavy (non-hydrogen) atoms. The van der Waals surface area contributed by atoms with Crippen LogP contribution >= 0.6 is 15.9 Å². The first-order valence-corrected chi connectivity index (χ1v) is 14.4. The fourth-order valence-electron chi connectivity index (χ4n) is 4.02. The number of allylic oxidation sites excluding steroid dienone is 2. The van der Waals surface area contributed by atoms with Crippen LogP contribution in [0.3, 0.4) is 0 Å². The van der Waals surface area contributed by atoms with E-state index in [-0.39, 0.29) is 13.3 Å². The van der Waals surface area contributed by atoms with Crippen LogP contribution in [0.25, 0.3) is 0 Å². The molecular formula is C28H31BrF6N4O5. The van der Waals surface area contributed by atoms with E-state index < -0.39 is 62.4 Å². The quantitative estimate of drug-likeness (QED) is 0.197. The Morgan fingerprint density at radius 1 is 1.02 bits per heavy atom. The molecule has 1 aromatic carbocycles. The summed E-state index contributed by atoms with van der Waals surface area (Å²) in [7, 11) is 0. The van der Waals surface area contributed by atoms with Crippen molar-refractivity contribution in [2.24, 2.45) is 10.9 Å². The summed E-state index contributed by atoms with van der Waals surface area (Å²) in [4.78, 5) is 20.5. The number of benzene rings is 1. The van der Waals surface area contributed by atoms with E-state index in [0.717, 1.165) is 33.9 Å². The van der Waals surface area contributed by atoms with Gasteiger partial charge in [0.15, 0.2) is 18.7 Å². The topological polar surface area (TPSA) is 84.9 Å². The molecule has 16 heteroatoms. The predicted molar refractivity (Wildman–Crippen MR) is 150 cm³/mol. The number of ether oxygens (including phenoxy) is 4. The Balaban J connectivity index is 1.60. The summed E-state index contributed by atoms with van der Waals surface area (Å²) in [6.07, 6.45) is -2.59. The zero-order chi connectivity index (χ0) is 31.7. The van der Waals surface area contributed by atoms with Crippen LogP contribution in [0.1, 0.15) is 24.8 Å². The third kappa shape index (κ3) is 11.4. The molecule has 1 fully saturated rings. The average Bonchev–Trinajstić information content (AvgIpc) is 3.80. The smallest absolute Gasteiger partial charge is 0.422 e. The number of hydrogen-bond donors (Lipinski definition) is 1. The fourth-order valence-corrected chi connectivity index (χ4v) is 4.36. The van der Waals surface area contributed by atoms with Crippen molar-refractivity contribution in [1.82, 2.24) is 15.1 Å². The number of nitrogens with one attached hydrogen (secondary N) is 1. The van der Waals surface area contributed by atoms with Gasteiger partial charge in [0, 0.05) is 10.6 Å². The number of urea groups is 1. The minimum Gasteiger partial charge on any atom is -0.469 e. The molecule has 0 aromatic heterocycles. The summed E-state index contributed by atoms with van der Waals surface area (Å²) < 4.78 is 99.6. The Labute approximate surface area is 258 Å². The van der Waals surface area contributed by atoms with E-state index in [9.17, 15) is 31.1 Å². The van der Waals surface area contributed by atoms with Gasteiger partial charge in [0.05, 0.1) is 19.3 Å². The number of rotatable bonds is 13. The second kappa shape index (κ2) is 15.3. The molecule has 0 spiro atoms. The van der Waals surface area contributed by atoms with Gasteiger partial charge in [0.1, 0.15) is 20.1 Å². The van der Waals surface area contributed by atoms with Crippen LogP contribution < -0.4 is 5.32 Å². The number of nitrogens with zero attached hydrogens (tertiary/aromatic N) is 3. The van der Waals surface area contributed by atoms with Crippen LogP contribution in [0.5, 0.6) is 0 Å². The number of carbonyl (C=O) groups is 1. The number of halogens is 7. The Bertz CT molecular complexity index is 1240. The summed E-state index contributed by atoms with van der Waals surface area (Å²) in [6.45, 7) is -3.65. The molecule has 0 bridgehead atoms. The standard InChI is InChI=1S/C28H31BrF6N4O5/c29-21-8-10-22(11-9-21)38(17-41-14-20-6-7-20)26(40)39(18-42-13-19-4-2-1-3-5-19)25-36-23(43-15-27(30,31)32)12-24(37-25)44-16-28(33,34)35/h1-5,8-10,12,20,22-23H,6-7,11,13-18H2,(H,36,37). The third-order valence-corrected chi connectivity index (χ3v) is 6.95. The van der Waals surface area contributed by atoms with Gasteiger partial charge in [0.25, 0.3) is 0 Å². The van der Waals surface area contributed by atoms with Crippen molar-refractivity contribution in [3.8, 4) is 0 Å². The first-order valence-electron chi connectivity index (χ1n) is 13.6. The summed E-state index contributed by atoms with van der Waals surface area (Å²) in [5.74, 6) is -0.637. The minimum absolute atomic E-state index is 0.0381. The molecule has 1 aromatic rings. The van der Waals surface area contributed by atoms with Gasteiger partial charge in [-0.05, 0) is 30.7 Å². The highest BCUT2D eigenvalue weighted by Crippen LogP contribution is 2.29. The van der Waals surface area contributed by atoms with Gasteiger partial charge in [-0.2, -0.15) is 26.3 Å². The fraction of sp³-hybridized carbons (Fsp3) is 0.500. The molecule has 2 unspecified atom stereocenters. The number of amides is 2. The van der Waals surface area contributed by atoms with E-state index in [1.165, 1.54) is 4.90 Å². The van der Waals surface area contributed by atoms with Gasteiger partial charge in [-0.3, -0.25) is 10.2 Å². The monoisotopic (exact) mass is 696 g/mol. The third-order valence-electron chi connectivity index (χ3n) is 6.36. The van der Waals surface area contributed by atoms with E-state index in [0.29, 0.717) is 18.9 Å². The molecule has 242 valence electrons. The first-order chi connectivity index (χ1) is 20.9. The van der Waals surface area contributed by atoms with Crippen molar-refractivity contribution in [3.05, 3.63) is 70.6 Å². The molecule has 2 amide bonds. The van der Waals surface area contributed by atoms with Gasteiger partial charge in [-0.1, -0.05) is 64.5 Å². The maximum atomic E-state index is 14.1. The predicted octanol–water partition coefficient (Wildman–Crippen LogP) is 6.16. The molecule has 1 aliphatic heterocycles. The molecule has 2 atom stereocenters. The summed E-state index contributed by atoms with van der Waals surface area (Å²) in [5.41, 5.74) is 0.758. The maximum Gasteiger partial charge on any atom is 0.422 e. The molecular weight excluding hydrogens is 666 g/mol. The van der Waals surface area contributed by atoms with Crippen LogP contribution in [0, 0.1) is 5.92 Å². The number of guanidine groups is 1. The zero-order valence-corrected chi connectivity index (χ0v) is 24.9. The van der Waals surface area contributed by atoms with Crippen LogP contribution in [0.4, 0.5) is 31.1 Å². The molecule has 0 saturated heterocycles. The van der Waals surface area contributed by atoms with Crippen molar-refractivity contribution in [2.45, 2.75) is 50.5 Å². The van der Waals surface area contributed by atoms with E-state index in [4.69, 9.17) is 18.9 Å². The van der Waals surface area contributed by atoms with Crippen LogP contribution in [0.15, 0.2) is 70.0 Å². The number of carbonyl (C=O) groups excluding carboxylic acids is 1. The van der Waals surface area contributed by atoms with Crippen molar-refractivity contribution in [2.75, 3.05) is 33.3 Å². The van der Waals surface area contributed by atoms with Crippen LogP contribution in [-0.2, 0) is 25.6 Å². The molecule has 2 aliphatic carbocycles. The van der Waals surface area contributed by atoms with Crippen molar-refractivity contribution < 1.29 is 50.1 Å². The Morgan fingerprint density at radius 3 is 2.39 bits per heavy atom. The van der Waals surface area contributed by atoms with E-state index >= 15 is 0 Å². The Morgan fingerprint density at radius 2 is 1.75 bits per heavy atom. The SMILES string of the molecule is O=C(N(COCc1ccccc1)C1=NC(OCC(F)(F)F)C=C(OCC(F)(F)F)N1)N(COCC1CC1)C1C=CC(Br)=CC1. The van der Waals surface area contributed by atoms with E-state index in [1.54, 1.807) is 42.5 Å². The van der Waals surface area contributed by atoms with Crippen LogP contribution in [0.2, 0.25) is 0 Å². The Hall–Kier alpha value is -3.08. The van der Waals surface area contributed by atoms with Gasteiger partial charge < -0.3 is 18.9 Å². The molecule has 4 rings (SSSR count). The highest BCUT2D eigenvalue weighted by atomic mass is 79.9. The lowest BCUT2D eigenvalue weighted by atomic mass is 10.1. The summed E-state index contributed by atoms with van der Waals surface area (Å²) >= 11 is 3.39. The highest BCUT2D eigenvalue weighted by molar-refractivity contribution is 9.11. The molecule has 1 saturated carbocycles. The molecule has 0 radical (unpaired) electrons. The first kappa shape index (κ1) is 33.8. The van der Waals surface area contributed by atoms with Crippen molar-refractivity contribution >= 4 is 27.9 Å². The lowest BCUT2D eigenvalue weighted by Crippen LogP contribution is -2.55. The summed E-state index contributed by atoms with van der Waals surface area (Å²) in [5, 5.41) is 2.48. The second-order valence-electron chi connectivity index (χ2n) is 10.2. The molecule has 3 aliphatic rings. The molecule has 9 nitrogen and oxygen atoms in total. The highest BCUT2D eigenvalue weighted by Gasteiger charge is 2.36. The van der Waals surface area contributed by atoms with Gasteiger partial charge in [-0.25, -0.2) is 14.7 Å². The lowest BCUT2D eigenvalue weighted by Gasteiger charge is -2.36.